The summed E-state index contributed by atoms with van der Waals surface area (Å²) in [5.41, 5.74) is 1.05. The molecule has 3 aromatic rings. The Morgan fingerprint density at radius 2 is 2.18 bits per heavy atom. The van der Waals surface area contributed by atoms with E-state index in [9.17, 15) is 9.90 Å². The average Bonchev–Trinajstić information content (AvgIpc) is 3.14. The molecular formula is C18H15BrClFN2O4S. The van der Waals surface area contributed by atoms with Gasteiger partial charge in [0.2, 0.25) is 0 Å². The molecule has 0 spiro atoms. The smallest absolute Gasteiger partial charge is 0.188 e. The minimum absolute atomic E-state index is 0.0890. The van der Waals surface area contributed by atoms with Gasteiger partial charge in [-0.05, 0) is 35.3 Å². The first-order valence-electron chi connectivity index (χ1n) is 8.18. The summed E-state index contributed by atoms with van der Waals surface area (Å²) in [4.78, 5) is 12.7. The highest BCUT2D eigenvalue weighted by Gasteiger charge is 2.22. The Morgan fingerprint density at radius 1 is 1.39 bits per heavy atom. The first-order valence-corrected chi connectivity index (χ1v) is 10.1. The summed E-state index contributed by atoms with van der Waals surface area (Å²) in [5.74, 6) is -1.08. The molecule has 1 atom stereocenters. The molecule has 3 rings (SSSR count). The number of carbonyl (C=O) groups is 1. The number of hydrogen-bond donors (Lipinski definition) is 2. The Hall–Kier alpha value is -1.49. The molecule has 10 heteroatoms. The van der Waals surface area contributed by atoms with Crippen LogP contribution in [-0.2, 0) is 11.2 Å². The van der Waals surface area contributed by atoms with Gasteiger partial charge in [0, 0.05) is 27.0 Å². The number of ether oxygens (including phenoxy) is 1. The zero-order valence-electron chi connectivity index (χ0n) is 14.4. The van der Waals surface area contributed by atoms with E-state index >= 15 is 4.39 Å². The Labute approximate surface area is 177 Å². The lowest BCUT2D eigenvalue weighted by Crippen LogP contribution is -2.22. The van der Waals surface area contributed by atoms with Gasteiger partial charge in [-0.15, -0.1) is 5.10 Å². The number of nitrogens with zero attached hydrogens (tertiary/aromatic N) is 2. The Kier molecular flexibility index (Phi) is 7.08. The van der Waals surface area contributed by atoms with E-state index in [0.717, 1.165) is 16.0 Å². The maximum Gasteiger partial charge on any atom is 0.188 e. The van der Waals surface area contributed by atoms with Crippen molar-refractivity contribution in [1.29, 1.82) is 0 Å². The van der Waals surface area contributed by atoms with E-state index in [-0.39, 0.29) is 36.3 Å². The standard InChI is InChI=1S/C18H15BrClFN2O4S/c19-10-2-1-9(14(20)4-10)3-13-12(15(26)8-27-7-11(25)6-24)5-16-18(17(13)21)22-23-28-16/h1-2,4-5,11,24-25H,3,6-8H2. The van der Waals surface area contributed by atoms with Crippen molar-refractivity contribution in [1.82, 2.24) is 9.59 Å². The molecule has 148 valence electrons. The number of ketones is 1. The number of benzene rings is 2. The molecule has 0 amide bonds. The van der Waals surface area contributed by atoms with E-state index < -0.39 is 24.3 Å². The number of rotatable bonds is 8. The molecule has 0 aliphatic carbocycles. The summed E-state index contributed by atoms with van der Waals surface area (Å²) in [7, 11) is 0. The third-order valence-electron chi connectivity index (χ3n) is 4.02. The maximum atomic E-state index is 15.1. The van der Waals surface area contributed by atoms with E-state index in [1.54, 1.807) is 24.3 Å². The van der Waals surface area contributed by atoms with Crippen LogP contribution in [0.5, 0.6) is 0 Å². The number of fused-ring (bicyclic) bond motifs is 1. The van der Waals surface area contributed by atoms with Gasteiger partial charge in [0.1, 0.15) is 18.2 Å². The number of aromatic nitrogens is 2. The van der Waals surface area contributed by atoms with Gasteiger partial charge in [0.05, 0.1) is 17.9 Å². The second-order valence-electron chi connectivity index (χ2n) is 6.02. The van der Waals surface area contributed by atoms with Crippen molar-refractivity contribution in [2.45, 2.75) is 12.5 Å². The van der Waals surface area contributed by atoms with Crippen molar-refractivity contribution in [2.24, 2.45) is 0 Å². The number of Topliss-reactive ketones (excluding diaryl/α,β-unsaturated/α-hetero) is 1. The van der Waals surface area contributed by atoms with Crippen LogP contribution in [0.4, 0.5) is 4.39 Å². The summed E-state index contributed by atoms with van der Waals surface area (Å²) < 4.78 is 25.2. The molecule has 1 aromatic heterocycles. The molecule has 0 saturated heterocycles. The fourth-order valence-corrected chi connectivity index (χ4v) is 3.96. The van der Waals surface area contributed by atoms with E-state index in [4.69, 9.17) is 21.4 Å². The van der Waals surface area contributed by atoms with E-state index in [0.29, 0.717) is 15.3 Å². The minimum Gasteiger partial charge on any atom is -0.394 e. The van der Waals surface area contributed by atoms with Crippen LogP contribution in [0.3, 0.4) is 0 Å². The highest BCUT2D eigenvalue weighted by Crippen LogP contribution is 2.30. The molecule has 1 unspecified atom stereocenters. The molecule has 6 nitrogen and oxygen atoms in total. The molecule has 0 aliphatic rings. The molecule has 2 N–H and O–H groups in total. The van der Waals surface area contributed by atoms with Crippen molar-refractivity contribution in [3.05, 3.63) is 56.3 Å². The van der Waals surface area contributed by atoms with Crippen molar-refractivity contribution in [3.8, 4) is 0 Å². The zero-order chi connectivity index (χ0) is 20.3. The van der Waals surface area contributed by atoms with Crippen LogP contribution in [0.25, 0.3) is 10.2 Å². The van der Waals surface area contributed by atoms with Crippen molar-refractivity contribution >= 4 is 55.1 Å². The molecule has 0 aliphatic heterocycles. The normalized spacial score (nSPS) is 12.5. The van der Waals surface area contributed by atoms with Crippen molar-refractivity contribution in [2.75, 3.05) is 19.8 Å². The summed E-state index contributed by atoms with van der Waals surface area (Å²) in [6.07, 6.45) is -0.995. The summed E-state index contributed by atoms with van der Waals surface area (Å²) in [6.45, 7) is -1.05. The molecule has 0 fully saturated rings. The average molecular weight is 490 g/mol. The third-order valence-corrected chi connectivity index (χ3v) is 5.54. The Balaban J connectivity index is 1.96. The minimum atomic E-state index is -1.08. The molecular weight excluding hydrogens is 475 g/mol. The van der Waals surface area contributed by atoms with Gasteiger partial charge in [-0.25, -0.2) is 4.39 Å². The fraction of sp³-hybridized carbons (Fsp3) is 0.278. The van der Waals surface area contributed by atoms with Gasteiger partial charge < -0.3 is 14.9 Å². The molecule has 0 saturated carbocycles. The van der Waals surface area contributed by atoms with Crippen molar-refractivity contribution < 1.29 is 24.1 Å². The summed E-state index contributed by atoms with van der Waals surface area (Å²) in [5, 5.41) is 22.4. The molecule has 0 radical (unpaired) electrons. The quantitative estimate of drug-likeness (QED) is 0.471. The second-order valence-corrected chi connectivity index (χ2v) is 8.13. The van der Waals surface area contributed by atoms with Gasteiger partial charge in [-0.2, -0.15) is 0 Å². The van der Waals surface area contributed by atoms with E-state index in [1.807, 2.05) is 0 Å². The number of carbonyl (C=O) groups excluding carboxylic acids is 1. The fourth-order valence-electron chi connectivity index (χ4n) is 2.62. The van der Waals surface area contributed by atoms with E-state index in [1.165, 1.54) is 0 Å². The van der Waals surface area contributed by atoms with Crippen LogP contribution in [0, 0.1) is 5.82 Å². The third kappa shape index (κ3) is 4.73. The zero-order valence-corrected chi connectivity index (χ0v) is 17.5. The molecule has 0 bridgehead atoms. The first-order chi connectivity index (χ1) is 13.4. The number of aliphatic hydroxyl groups is 2. The topological polar surface area (TPSA) is 92.5 Å². The lowest BCUT2D eigenvalue weighted by atomic mass is 9.96. The highest BCUT2D eigenvalue weighted by molar-refractivity contribution is 9.10. The highest BCUT2D eigenvalue weighted by atomic mass is 79.9. The lowest BCUT2D eigenvalue weighted by molar-refractivity contribution is 0.00894. The van der Waals surface area contributed by atoms with Crippen LogP contribution >= 0.6 is 39.1 Å². The van der Waals surface area contributed by atoms with Crippen LogP contribution in [0.2, 0.25) is 5.02 Å². The predicted molar refractivity (Wildman–Crippen MR) is 108 cm³/mol. The monoisotopic (exact) mass is 488 g/mol. The lowest BCUT2D eigenvalue weighted by Gasteiger charge is -2.13. The number of halogens is 3. The van der Waals surface area contributed by atoms with Crippen LogP contribution in [0.15, 0.2) is 28.7 Å². The Morgan fingerprint density at radius 3 is 2.89 bits per heavy atom. The maximum absolute atomic E-state index is 15.1. The van der Waals surface area contributed by atoms with Gasteiger partial charge in [-0.3, -0.25) is 4.79 Å². The number of hydrogen-bond acceptors (Lipinski definition) is 7. The van der Waals surface area contributed by atoms with E-state index in [2.05, 4.69) is 25.5 Å². The largest absolute Gasteiger partial charge is 0.394 e. The van der Waals surface area contributed by atoms with Crippen molar-refractivity contribution in [3.63, 3.8) is 0 Å². The van der Waals surface area contributed by atoms with Gasteiger partial charge in [0.15, 0.2) is 11.6 Å². The Bertz CT molecular complexity index is 1020. The summed E-state index contributed by atoms with van der Waals surface area (Å²) >= 11 is 10.6. The first kappa shape index (κ1) is 21.2. The van der Waals surface area contributed by atoms with Gasteiger partial charge in [-0.1, -0.05) is 38.1 Å². The molecule has 2 aromatic carbocycles. The second kappa shape index (κ2) is 9.34. The predicted octanol–water partition coefficient (Wildman–Crippen LogP) is 3.39. The van der Waals surface area contributed by atoms with Crippen LogP contribution < -0.4 is 0 Å². The number of aliphatic hydroxyl groups excluding tert-OH is 2. The molecule has 1 heterocycles. The van der Waals surface area contributed by atoms with Gasteiger partial charge in [0.25, 0.3) is 0 Å². The summed E-state index contributed by atoms with van der Waals surface area (Å²) in [6, 6.07) is 6.76. The SMILES string of the molecule is O=C(COCC(O)CO)c1cc2snnc2c(F)c1Cc1ccc(Br)cc1Cl. The van der Waals surface area contributed by atoms with Gasteiger partial charge >= 0.3 is 0 Å². The van der Waals surface area contributed by atoms with Crippen LogP contribution in [0.1, 0.15) is 21.5 Å². The van der Waals surface area contributed by atoms with Crippen LogP contribution in [-0.4, -0.2) is 51.5 Å². The molecule has 28 heavy (non-hydrogen) atoms.